The molecule has 0 aliphatic heterocycles. The fourth-order valence-corrected chi connectivity index (χ4v) is 2.85. The molecule has 0 spiro atoms. The summed E-state index contributed by atoms with van der Waals surface area (Å²) >= 11 is 0. The molecular weight excluding hydrogens is 350 g/mol. The molecule has 0 aliphatic carbocycles. The predicted molar refractivity (Wildman–Crippen MR) is 103 cm³/mol. The van der Waals surface area contributed by atoms with Gasteiger partial charge in [0.1, 0.15) is 0 Å². The summed E-state index contributed by atoms with van der Waals surface area (Å²) in [6, 6.07) is 21.2. The molecule has 1 N–H and O–H groups in total. The molecule has 0 aliphatic rings. The molecule has 0 saturated carbocycles. The van der Waals surface area contributed by atoms with Crippen molar-refractivity contribution in [2.75, 3.05) is 6.61 Å². The van der Waals surface area contributed by atoms with Crippen molar-refractivity contribution in [3.63, 3.8) is 0 Å². The van der Waals surface area contributed by atoms with Gasteiger partial charge in [-0.3, -0.25) is 4.90 Å². The second-order valence-electron chi connectivity index (χ2n) is 6.01. The molecule has 2 nitrogen and oxygen atoms in total. The smallest absolute Gasteiger partial charge is 0.0589 e. The third-order valence-corrected chi connectivity index (χ3v) is 4.41. The predicted octanol–water partition coefficient (Wildman–Crippen LogP) is 4.67. The molecule has 2 aromatic rings. The van der Waals surface area contributed by atoms with Crippen molar-refractivity contribution in [2.45, 2.75) is 39.4 Å². The Hall–Kier alpha value is -1.16. The van der Waals surface area contributed by atoms with E-state index >= 15 is 0 Å². The quantitative estimate of drug-likeness (QED) is 0.721. The maximum Gasteiger partial charge on any atom is 0.0589 e. The Balaban J connectivity index is 0.00000264. The molecule has 2 atom stereocenters. The van der Waals surface area contributed by atoms with Crippen LogP contribution in [0.5, 0.6) is 0 Å². The molecule has 0 amide bonds. The van der Waals surface area contributed by atoms with E-state index < -0.39 is 0 Å². The largest absolute Gasteiger partial charge is 0.395 e. The van der Waals surface area contributed by atoms with Crippen LogP contribution in [0, 0.1) is 5.92 Å². The minimum Gasteiger partial charge on any atom is -0.395 e. The average molecular weight is 378 g/mol. The number of benzene rings is 2. The molecule has 2 rings (SSSR count). The monoisotopic (exact) mass is 377 g/mol. The maximum atomic E-state index is 9.91. The lowest BCUT2D eigenvalue weighted by Gasteiger charge is -2.34. The SMILES string of the molecule is Br.CC[C@H](C)[C@@H](CO)N(Cc1ccccc1)Cc1ccccc1. The van der Waals surface area contributed by atoms with Crippen molar-refractivity contribution in [1.82, 2.24) is 4.90 Å². The summed E-state index contributed by atoms with van der Waals surface area (Å²) in [5, 5.41) is 9.91. The Morgan fingerprint density at radius 1 is 0.870 bits per heavy atom. The van der Waals surface area contributed by atoms with E-state index in [9.17, 15) is 5.11 Å². The molecule has 126 valence electrons. The van der Waals surface area contributed by atoms with Crippen molar-refractivity contribution in [2.24, 2.45) is 5.92 Å². The van der Waals surface area contributed by atoms with Crippen molar-refractivity contribution in [3.05, 3.63) is 71.8 Å². The van der Waals surface area contributed by atoms with Crippen LogP contribution < -0.4 is 0 Å². The van der Waals surface area contributed by atoms with Gasteiger partial charge >= 0.3 is 0 Å². The normalized spacial score (nSPS) is 13.4. The molecular formula is C20H28BrNO. The van der Waals surface area contributed by atoms with Crippen LogP contribution in [0.1, 0.15) is 31.4 Å². The van der Waals surface area contributed by atoms with E-state index in [1.807, 2.05) is 12.1 Å². The third-order valence-electron chi connectivity index (χ3n) is 4.41. The highest BCUT2D eigenvalue weighted by atomic mass is 79.9. The number of nitrogens with zero attached hydrogens (tertiary/aromatic N) is 1. The molecule has 3 heteroatoms. The highest BCUT2D eigenvalue weighted by molar-refractivity contribution is 8.93. The highest BCUT2D eigenvalue weighted by Gasteiger charge is 2.23. The van der Waals surface area contributed by atoms with Crippen LogP contribution in [-0.4, -0.2) is 22.7 Å². The van der Waals surface area contributed by atoms with Gasteiger partial charge < -0.3 is 5.11 Å². The lowest BCUT2D eigenvalue weighted by Crippen LogP contribution is -2.41. The first-order valence-electron chi connectivity index (χ1n) is 8.17. The first kappa shape index (κ1) is 19.9. The van der Waals surface area contributed by atoms with Gasteiger partial charge in [-0.1, -0.05) is 80.9 Å². The Labute approximate surface area is 150 Å². The zero-order valence-corrected chi connectivity index (χ0v) is 15.8. The van der Waals surface area contributed by atoms with E-state index in [1.54, 1.807) is 0 Å². The molecule has 23 heavy (non-hydrogen) atoms. The van der Waals surface area contributed by atoms with Gasteiger partial charge in [0.2, 0.25) is 0 Å². The Kier molecular flexibility index (Phi) is 9.15. The van der Waals surface area contributed by atoms with Gasteiger partial charge in [0.05, 0.1) is 6.61 Å². The summed E-state index contributed by atoms with van der Waals surface area (Å²) in [6.07, 6.45) is 1.07. The van der Waals surface area contributed by atoms with E-state index in [-0.39, 0.29) is 29.6 Å². The standard InChI is InChI=1S/C20H27NO.BrH/c1-3-17(2)20(16-22)21(14-18-10-6-4-7-11-18)15-19-12-8-5-9-13-19;/h4-13,17,20,22H,3,14-16H2,1-2H3;1H/t17-,20+;/m0./s1. The second kappa shape index (κ2) is 10.6. The van der Waals surface area contributed by atoms with Gasteiger partial charge in [-0.2, -0.15) is 0 Å². The Morgan fingerprint density at radius 2 is 1.30 bits per heavy atom. The van der Waals surface area contributed by atoms with Gasteiger partial charge in [-0.25, -0.2) is 0 Å². The van der Waals surface area contributed by atoms with Crippen LogP contribution in [0.4, 0.5) is 0 Å². The molecule has 2 aromatic carbocycles. The number of aliphatic hydroxyl groups excluding tert-OH is 1. The van der Waals surface area contributed by atoms with Crippen molar-refractivity contribution >= 4 is 17.0 Å². The lowest BCUT2D eigenvalue weighted by atomic mass is 9.97. The van der Waals surface area contributed by atoms with Gasteiger partial charge in [0.25, 0.3) is 0 Å². The maximum absolute atomic E-state index is 9.91. The van der Waals surface area contributed by atoms with Crippen LogP contribution in [0.25, 0.3) is 0 Å². The van der Waals surface area contributed by atoms with E-state index in [0.29, 0.717) is 5.92 Å². The lowest BCUT2D eigenvalue weighted by molar-refractivity contribution is 0.0716. The van der Waals surface area contributed by atoms with Crippen LogP contribution in [0.15, 0.2) is 60.7 Å². The summed E-state index contributed by atoms with van der Waals surface area (Å²) in [5.41, 5.74) is 2.58. The fourth-order valence-electron chi connectivity index (χ4n) is 2.85. The Morgan fingerprint density at radius 3 is 1.65 bits per heavy atom. The number of hydrogen-bond acceptors (Lipinski definition) is 2. The first-order valence-corrected chi connectivity index (χ1v) is 8.17. The summed E-state index contributed by atoms with van der Waals surface area (Å²) in [6.45, 7) is 6.35. The average Bonchev–Trinajstić information content (AvgIpc) is 2.57. The van der Waals surface area contributed by atoms with E-state index in [0.717, 1.165) is 19.5 Å². The second-order valence-corrected chi connectivity index (χ2v) is 6.01. The summed E-state index contributed by atoms with van der Waals surface area (Å²) < 4.78 is 0. The molecule has 0 aromatic heterocycles. The number of rotatable bonds is 8. The topological polar surface area (TPSA) is 23.5 Å². The van der Waals surface area contributed by atoms with Gasteiger partial charge in [-0.05, 0) is 17.0 Å². The number of aliphatic hydroxyl groups is 1. The van der Waals surface area contributed by atoms with Gasteiger partial charge in [-0.15, -0.1) is 17.0 Å². The number of halogens is 1. The Bertz CT molecular complexity index is 490. The summed E-state index contributed by atoms with van der Waals surface area (Å²) in [5.74, 6) is 0.470. The van der Waals surface area contributed by atoms with Crippen LogP contribution in [0.2, 0.25) is 0 Å². The zero-order chi connectivity index (χ0) is 15.8. The summed E-state index contributed by atoms with van der Waals surface area (Å²) in [7, 11) is 0. The van der Waals surface area contributed by atoms with E-state index in [2.05, 4.69) is 67.3 Å². The third kappa shape index (κ3) is 6.09. The molecule has 0 unspecified atom stereocenters. The van der Waals surface area contributed by atoms with E-state index in [4.69, 9.17) is 0 Å². The minimum atomic E-state index is 0. The van der Waals surface area contributed by atoms with E-state index in [1.165, 1.54) is 11.1 Å². The number of hydrogen-bond donors (Lipinski definition) is 1. The van der Waals surface area contributed by atoms with Crippen molar-refractivity contribution < 1.29 is 5.11 Å². The van der Waals surface area contributed by atoms with Crippen LogP contribution >= 0.6 is 17.0 Å². The zero-order valence-electron chi connectivity index (χ0n) is 14.1. The molecule has 0 fully saturated rings. The highest BCUT2D eigenvalue weighted by Crippen LogP contribution is 2.20. The first-order chi connectivity index (χ1) is 10.7. The fraction of sp³-hybridized carbons (Fsp3) is 0.400. The molecule has 0 radical (unpaired) electrons. The van der Waals surface area contributed by atoms with Crippen LogP contribution in [-0.2, 0) is 13.1 Å². The van der Waals surface area contributed by atoms with Crippen LogP contribution in [0.3, 0.4) is 0 Å². The van der Waals surface area contributed by atoms with Gasteiger partial charge in [0.15, 0.2) is 0 Å². The van der Waals surface area contributed by atoms with Gasteiger partial charge in [0, 0.05) is 19.1 Å². The summed E-state index contributed by atoms with van der Waals surface area (Å²) in [4.78, 5) is 2.40. The molecule has 0 saturated heterocycles. The van der Waals surface area contributed by atoms with Crippen molar-refractivity contribution in [1.29, 1.82) is 0 Å². The molecule has 0 heterocycles. The molecule has 0 bridgehead atoms. The minimum absolute atomic E-state index is 0. The van der Waals surface area contributed by atoms with Crippen molar-refractivity contribution in [3.8, 4) is 0 Å².